The molecule has 1 aromatic heterocycles. The molecule has 10 heteroatoms. The van der Waals surface area contributed by atoms with Crippen molar-refractivity contribution >= 4 is 34.8 Å². The minimum atomic E-state index is -1.06. The molecule has 220 valence electrons. The third-order valence-electron chi connectivity index (χ3n) is 6.44. The molecule has 0 aliphatic carbocycles. The highest BCUT2D eigenvalue weighted by Gasteiger charge is 2.32. The highest BCUT2D eigenvalue weighted by Crippen LogP contribution is 2.20. The maximum Gasteiger partial charge on any atom is 0.408 e. The molecule has 0 saturated heterocycles. The van der Waals surface area contributed by atoms with Gasteiger partial charge in [0.25, 0.3) is 0 Å². The molecule has 3 aromatic rings. The van der Waals surface area contributed by atoms with E-state index in [0.717, 1.165) is 22.0 Å². The molecule has 0 aliphatic rings. The number of ether oxygens (including phenoxy) is 2. The molecule has 4 N–H and O–H groups in total. The van der Waals surface area contributed by atoms with Crippen molar-refractivity contribution in [3.8, 4) is 0 Å². The summed E-state index contributed by atoms with van der Waals surface area (Å²) in [6, 6.07) is 13.8. The fraction of sp³-hybridized carbons (Fsp3) is 0.419. The molecule has 0 radical (unpaired) electrons. The van der Waals surface area contributed by atoms with Gasteiger partial charge < -0.3 is 30.4 Å². The number of esters is 1. The van der Waals surface area contributed by atoms with Gasteiger partial charge in [-0.3, -0.25) is 9.59 Å². The minimum absolute atomic E-state index is 0.137. The number of alkyl carbamates (subject to hydrolysis) is 1. The Morgan fingerprint density at radius 1 is 0.829 bits per heavy atom. The molecule has 0 bridgehead atoms. The van der Waals surface area contributed by atoms with Crippen LogP contribution in [-0.4, -0.2) is 59.7 Å². The summed E-state index contributed by atoms with van der Waals surface area (Å²) in [7, 11) is 1.26. The Bertz CT molecular complexity index is 1350. The molecule has 1 heterocycles. The Morgan fingerprint density at radius 2 is 1.44 bits per heavy atom. The summed E-state index contributed by atoms with van der Waals surface area (Å²) in [5.74, 6) is -1.96. The molecule has 10 nitrogen and oxygen atoms in total. The number of aromatic nitrogens is 1. The highest BCUT2D eigenvalue weighted by molar-refractivity contribution is 5.94. The van der Waals surface area contributed by atoms with Gasteiger partial charge in [0.05, 0.1) is 7.11 Å². The summed E-state index contributed by atoms with van der Waals surface area (Å²) in [4.78, 5) is 55.5. The first kappa shape index (κ1) is 31.2. The summed E-state index contributed by atoms with van der Waals surface area (Å²) >= 11 is 0. The molecule has 0 fully saturated rings. The number of carbonyl (C=O) groups excluding carboxylic acids is 4. The smallest absolute Gasteiger partial charge is 0.408 e. The van der Waals surface area contributed by atoms with Gasteiger partial charge in [0.15, 0.2) is 0 Å². The van der Waals surface area contributed by atoms with Crippen LogP contribution >= 0.6 is 0 Å². The first-order valence-electron chi connectivity index (χ1n) is 13.6. The van der Waals surface area contributed by atoms with Crippen LogP contribution in [0.3, 0.4) is 0 Å². The van der Waals surface area contributed by atoms with E-state index in [1.807, 2.05) is 54.6 Å². The molecule has 3 rings (SSSR count). The first-order chi connectivity index (χ1) is 19.4. The summed E-state index contributed by atoms with van der Waals surface area (Å²) < 4.78 is 10.3. The van der Waals surface area contributed by atoms with E-state index in [9.17, 15) is 19.2 Å². The van der Waals surface area contributed by atoms with Crippen LogP contribution in [0.5, 0.6) is 0 Å². The standard InChI is InChI=1S/C31H40N4O6/c1-19(2)26(29(38)40-6)35-28(37)25(17-21-18-32-23-15-11-10-14-22(21)23)33-27(36)24(16-20-12-8-7-9-13-20)34-30(39)41-31(3,4)5/h7-15,18-19,24-26,32H,16-17H2,1-6H3,(H,33,36)(H,34,39)(H,35,37)/t24-,25+,26+/m0/s1. The molecule has 2 aromatic carbocycles. The highest BCUT2D eigenvalue weighted by atomic mass is 16.6. The number of rotatable bonds is 11. The van der Waals surface area contributed by atoms with E-state index in [0.29, 0.717) is 0 Å². The quantitative estimate of drug-likeness (QED) is 0.262. The zero-order valence-electron chi connectivity index (χ0n) is 24.4. The molecule has 0 spiro atoms. The lowest BCUT2D eigenvalue weighted by Crippen LogP contribution is -2.57. The number of para-hydroxylation sites is 1. The summed E-state index contributed by atoms with van der Waals surface area (Å²) in [5.41, 5.74) is 1.73. The Kier molecular flexibility index (Phi) is 10.5. The third-order valence-corrected chi connectivity index (χ3v) is 6.44. The first-order valence-corrected chi connectivity index (χ1v) is 13.6. The predicted molar refractivity (Wildman–Crippen MR) is 156 cm³/mol. The number of amides is 3. The minimum Gasteiger partial charge on any atom is -0.467 e. The Morgan fingerprint density at radius 3 is 2.07 bits per heavy atom. The number of H-pyrrole nitrogens is 1. The lowest BCUT2D eigenvalue weighted by atomic mass is 10.00. The van der Waals surface area contributed by atoms with Crippen LogP contribution in [0, 0.1) is 5.92 Å². The maximum absolute atomic E-state index is 13.7. The van der Waals surface area contributed by atoms with E-state index in [4.69, 9.17) is 9.47 Å². The van der Waals surface area contributed by atoms with Crippen molar-refractivity contribution in [2.75, 3.05) is 7.11 Å². The SMILES string of the molecule is COC(=O)[C@H](NC(=O)[C@@H](Cc1c[nH]c2ccccc12)NC(=O)[C@H](Cc1ccccc1)NC(=O)OC(C)(C)C)C(C)C. The zero-order chi connectivity index (χ0) is 30.2. The van der Waals surface area contributed by atoms with Crippen LogP contribution in [0.2, 0.25) is 0 Å². The summed E-state index contributed by atoms with van der Waals surface area (Å²) in [5, 5.41) is 9.12. The fourth-order valence-corrected chi connectivity index (χ4v) is 4.39. The van der Waals surface area contributed by atoms with Crippen molar-refractivity contribution in [3.63, 3.8) is 0 Å². The van der Waals surface area contributed by atoms with Crippen LogP contribution in [-0.2, 0) is 36.7 Å². The van der Waals surface area contributed by atoms with Crippen molar-refractivity contribution in [1.29, 1.82) is 0 Å². The lowest BCUT2D eigenvalue weighted by Gasteiger charge is -2.27. The molecule has 41 heavy (non-hydrogen) atoms. The molecular formula is C31H40N4O6. The summed E-state index contributed by atoms with van der Waals surface area (Å²) in [6.07, 6.45) is 1.34. The van der Waals surface area contributed by atoms with E-state index in [1.165, 1.54) is 7.11 Å². The molecule has 0 aliphatic heterocycles. The van der Waals surface area contributed by atoms with Gasteiger partial charge in [-0.15, -0.1) is 0 Å². The lowest BCUT2D eigenvalue weighted by molar-refractivity contribution is -0.146. The Labute approximate surface area is 240 Å². The van der Waals surface area contributed by atoms with Gasteiger partial charge in [0.2, 0.25) is 11.8 Å². The van der Waals surface area contributed by atoms with E-state index in [1.54, 1.807) is 40.8 Å². The Hall–Kier alpha value is -4.34. The van der Waals surface area contributed by atoms with E-state index in [-0.39, 0.29) is 18.8 Å². The van der Waals surface area contributed by atoms with E-state index < -0.39 is 47.6 Å². The third kappa shape index (κ3) is 9.09. The normalized spacial score (nSPS) is 13.6. The van der Waals surface area contributed by atoms with Crippen molar-refractivity contribution in [2.24, 2.45) is 5.92 Å². The second-order valence-corrected chi connectivity index (χ2v) is 11.3. The predicted octanol–water partition coefficient (Wildman–Crippen LogP) is 3.65. The number of carbonyl (C=O) groups is 4. The molecule has 3 atom stereocenters. The van der Waals surface area contributed by atoms with Crippen molar-refractivity contribution in [3.05, 3.63) is 71.9 Å². The summed E-state index contributed by atoms with van der Waals surface area (Å²) in [6.45, 7) is 8.76. The largest absolute Gasteiger partial charge is 0.467 e. The van der Waals surface area contributed by atoms with Gasteiger partial charge in [-0.25, -0.2) is 9.59 Å². The maximum atomic E-state index is 13.7. The van der Waals surface area contributed by atoms with Crippen molar-refractivity contribution in [1.82, 2.24) is 20.9 Å². The van der Waals surface area contributed by atoms with Crippen molar-refractivity contribution in [2.45, 2.75) is 71.2 Å². The van der Waals surface area contributed by atoms with Gasteiger partial charge in [0.1, 0.15) is 23.7 Å². The van der Waals surface area contributed by atoms with Crippen LogP contribution in [0.1, 0.15) is 45.7 Å². The number of benzene rings is 2. The molecule has 0 saturated carbocycles. The van der Waals surface area contributed by atoms with Crippen LogP contribution in [0.4, 0.5) is 4.79 Å². The molecule has 3 amide bonds. The van der Waals surface area contributed by atoms with Gasteiger partial charge in [-0.1, -0.05) is 62.4 Å². The number of hydrogen-bond acceptors (Lipinski definition) is 6. The molecule has 0 unspecified atom stereocenters. The average molecular weight is 565 g/mol. The fourth-order valence-electron chi connectivity index (χ4n) is 4.39. The van der Waals surface area contributed by atoms with Crippen LogP contribution in [0.25, 0.3) is 10.9 Å². The monoisotopic (exact) mass is 564 g/mol. The second-order valence-electron chi connectivity index (χ2n) is 11.3. The van der Waals surface area contributed by atoms with Gasteiger partial charge >= 0.3 is 12.1 Å². The number of methoxy groups -OCH3 is 1. The average Bonchev–Trinajstić information content (AvgIpc) is 3.32. The number of nitrogens with one attached hydrogen (secondary N) is 4. The van der Waals surface area contributed by atoms with E-state index in [2.05, 4.69) is 20.9 Å². The molecular weight excluding hydrogens is 524 g/mol. The number of hydrogen-bond donors (Lipinski definition) is 4. The second kappa shape index (κ2) is 13.8. The van der Waals surface area contributed by atoms with Crippen LogP contribution in [0.15, 0.2) is 60.8 Å². The Balaban J connectivity index is 1.90. The van der Waals surface area contributed by atoms with Gasteiger partial charge in [0, 0.05) is 29.9 Å². The van der Waals surface area contributed by atoms with Crippen molar-refractivity contribution < 1.29 is 28.7 Å². The zero-order valence-corrected chi connectivity index (χ0v) is 24.4. The van der Waals surface area contributed by atoms with Gasteiger partial charge in [-0.2, -0.15) is 0 Å². The van der Waals surface area contributed by atoms with E-state index >= 15 is 0 Å². The van der Waals surface area contributed by atoms with Crippen LogP contribution < -0.4 is 16.0 Å². The topological polar surface area (TPSA) is 139 Å². The van der Waals surface area contributed by atoms with Gasteiger partial charge in [-0.05, 0) is 43.9 Å². The number of aromatic amines is 1. The number of fused-ring (bicyclic) bond motifs is 1.